The maximum Gasteiger partial charge on any atom is 0.261 e. The number of fused-ring (bicyclic) bond motifs is 1. The Labute approximate surface area is 167 Å². The van der Waals surface area contributed by atoms with Crippen LogP contribution in [0.25, 0.3) is 10.9 Å². The number of halogens is 2. The van der Waals surface area contributed by atoms with Crippen molar-refractivity contribution in [2.24, 2.45) is 0 Å². The molecule has 5 nitrogen and oxygen atoms in total. The number of nitrogens with zero attached hydrogens (tertiary/aromatic N) is 2. The first-order chi connectivity index (χ1) is 13.5. The van der Waals surface area contributed by atoms with Gasteiger partial charge in [0.1, 0.15) is 23.2 Å². The van der Waals surface area contributed by atoms with Gasteiger partial charge < -0.3 is 15.2 Å². The number of alkyl halides is 1. The molecule has 1 saturated carbocycles. The Morgan fingerprint density at radius 1 is 1.32 bits per heavy atom. The van der Waals surface area contributed by atoms with Crippen molar-refractivity contribution in [3.8, 4) is 0 Å². The standard InChI is InChI=1S/C20H26F2N4OS/c1-26-7-6-17(15(22)10-26)28-11-18-24-16-9-13(23-12-4-2-3-5-12)8-14(21)19(16)20(27)25-18/h8-9,12,15,17,23H,2-7,10-11H2,1H3,(H,24,25,27)/t15-,17+/m1/s1. The summed E-state index contributed by atoms with van der Waals surface area (Å²) in [6, 6.07) is 3.46. The van der Waals surface area contributed by atoms with Gasteiger partial charge in [0, 0.05) is 23.5 Å². The highest BCUT2D eigenvalue weighted by Gasteiger charge is 2.28. The first-order valence-corrected chi connectivity index (χ1v) is 11.0. The smallest absolute Gasteiger partial charge is 0.261 e. The third-order valence-electron chi connectivity index (χ3n) is 5.65. The summed E-state index contributed by atoms with van der Waals surface area (Å²) in [6.07, 6.45) is 4.38. The summed E-state index contributed by atoms with van der Waals surface area (Å²) >= 11 is 1.47. The van der Waals surface area contributed by atoms with Crippen molar-refractivity contribution in [1.29, 1.82) is 0 Å². The van der Waals surface area contributed by atoms with Crippen molar-refractivity contribution < 1.29 is 8.78 Å². The molecule has 2 aromatic rings. The molecule has 0 bridgehead atoms. The minimum atomic E-state index is -0.893. The van der Waals surface area contributed by atoms with Crippen LogP contribution >= 0.6 is 11.8 Å². The molecule has 2 fully saturated rings. The van der Waals surface area contributed by atoms with Crippen LogP contribution in [0.2, 0.25) is 0 Å². The van der Waals surface area contributed by atoms with E-state index < -0.39 is 17.5 Å². The predicted octanol–water partition coefficient (Wildman–Crippen LogP) is 3.69. The lowest BCUT2D eigenvalue weighted by Gasteiger charge is -2.31. The van der Waals surface area contributed by atoms with Crippen LogP contribution in [0.5, 0.6) is 0 Å². The highest BCUT2D eigenvalue weighted by Crippen LogP contribution is 2.28. The van der Waals surface area contributed by atoms with Gasteiger partial charge >= 0.3 is 0 Å². The van der Waals surface area contributed by atoms with Crippen molar-refractivity contribution in [2.45, 2.75) is 55.3 Å². The van der Waals surface area contributed by atoms with Crippen molar-refractivity contribution in [3.63, 3.8) is 0 Å². The summed E-state index contributed by atoms with van der Waals surface area (Å²) in [7, 11) is 1.92. The van der Waals surface area contributed by atoms with Crippen LogP contribution in [0.15, 0.2) is 16.9 Å². The van der Waals surface area contributed by atoms with Crippen LogP contribution in [-0.4, -0.2) is 52.5 Å². The molecule has 1 aliphatic carbocycles. The number of hydrogen-bond donors (Lipinski definition) is 2. The van der Waals surface area contributed by atoms with Gasteiger partial charge in [0.15, 0.2) is 0 Å². The van der Waals surface area contributed by atoms with Crippen molar-refractivity contribution in [2.75, 3.05) is 25.5 Å². The SMILES string of the molecule is CN1CC[C@H](SCc2nc3cc(NC4CCCC4)cc(F)c3c(=O)[nH]2)[C@H](F)C1. The van der Waals surface area contributed by atoms with E-state index in [1.54, 1.807) is 6.07 Å². The van der Waals surface area contributed by atoms with E-state index in [1.165, 1.54) is 30.7 Å². The van der Waals surface area contributed by atoms with E-state index in [9.17, 15) is 13.6 Å². The fourth-order valence-corrected chi connectivity index (χ4v) is 5.21. The zero-order chi connectivity index (χ0) is 19.7. The molecule has 0 amide bonds. The minimum absolute atomic E-state index is 0.0200. The lowest BCUT2D eigenvalue weighted by molar-refractivity contribution is 0.170. The van der Waals surface area contributed by atoms with Crippen LogP contribution in [-0.2, 0) is 5.75 Å². The second-order valence-electron chi connectivity index (χ2n) is 7.91. The van der Waals surface area contributed by atoms with E-state index in [-0.39, 0.29) is 10.6 Å². The lowest BCUT2D eigenvalue weighted by Crippen LogP contribution is -2.41. The first-order valence-electron chi connectivity index (χ1n) is 9.93. The summed E-state index contributed by atoms with van der Waals surface area (Å²) in [5.41, 5.74) is 0.526. The van der Waals surface area contributed by atoms with Crippen LogP contribution < -0.4 is 10.9 Å². The summed E-state index contributed by atoms with van der Waals surface area (Å²) in [5.74, 6) is 0.304. The van der Waals surface area contributed by atoms with Gasteiger partial charge in [-0.1, -0.05) is 12.8 Å². The number of H-pyrrole nitrogens is 1. The van der Waals surface area contributed by atoms with Crippen molar-refractivity contribution in [3.05, 3.63) is 34.1 Å². The number of aromatic amines is 1. The minimum Gasteiger partial charge on any atom is -0.382 e. The zero-order valence-electron chi connectivity index (χ0n) is 16.0. The topological polar surface area (TPSA) is 61.0 Å². The van der Waals surface area contributed by atoms with Crippen molar-refractivity contribution in [1.82, 2.24) is 14.9 Å². The Hall–Kier alpha value is -1.67. The molecule has 28 heavy (non-hydrogen) atoms. The lowest BCUT2D eigenvalue weighted by atomic mass is 10.1. The number of aromatic nitrogens is 2. The number of benzene rings is 1. The maximum absolute atomic E-state index is 14.5. The quantitative estimate of drug-likeness (QED) is 0.790. The van der Waals surface area contributed by atoms with E-state index >= 15 is 0 Å². The zero-order valence-corrected chi connectivity index (χ0v) is 16.8. The van der Waals surface area contributed by atoms with E-state index in [2.05, 4.69) is 15.3 Å². The molecule has 2 heterocycles. The summed E-state index contributed by atoms with van der Waals surface area (Å²) in [4.78, 5) is 21.5. The Morgan fingerprint density at radius 2 is 2.11 bits per heavy atom. The van der Waals surface area contributed by atoms with Crippen LogP contribution in [0.3, 0.4) is 0 Å². The number of anilines is 1. The Bertz CT molecular complexity index is 900. The van der Waals surface area contributed by atoms with E-state index in [4.69, 9.17) is 0 Å². The number of nitrogens with one attached hydrogen (secondary N) is 2. The Morgan fingerprint density at radius 3 is 2.86 bits per heavy atom. The third-order valence-corrected chi connectivity index (χ3v) is 7.05. The van der Waals surface area contributed by atoms with Gasteiger partial charge in [0.05, 0.1) is 11.3 Å². The molecule has 0 radical (unpaired) electrons. The average molecular weight is 409 g/mol. The fourth-order valence-electron chi connectivity index (χ4n) is 4.14. The summed E-state index contributed by atoms with van der Waals surface area (Å²) in [5, 5.41) is 3.23. The van der Waals surface area contributed by atoms with Gasteiger partial charge in [-0.3, -0.25) is 4.79 Å². The highest BCUT2D eigenvalue weighted by atomic mass is 32.2. The van der Waals surface area contributed by atoms with E-state index in [0.29, 0.717) is 35.4 Å². The largest absolute Gasteiger partial charge is 0.382 e. The Kier molecular flexibility index (Phi) is 5.87. The van der Waals surface area contributed by atoms with Gasteiger partial charge in [-0.25, -0.2) is 13.8 Å². The van der Waals surface area contributed by atoms with Crippen molar-refractivity contribution >= 4 is 28.4 Å². The molecule has 152 valence electrons. The van der Waals surface area contributed by atoms with Crippen LogP contribution in [0.4, 0.5) is 14.5 Å². The second-order valence-corrected chi connectivity index (χ2v) is 9.13. The van der Waals surface area contributed by atoms with Gasteiger partial charge in [0.2, 0.25) is 0 Å². The molecule has 2 atom stereocenters. The number of rotatable bonds is 5. The molecule has 1 aromatic heterocycles. The Balaban J connectivity index is 1.53. The molecule has 1 saturated heterocycles. The van der Waals surface area contributed by atoms with Crippen LogP contribution in [0, 0.1) is 5.82 Å². The molecule has 2 N–H and O–H groups in total. The van der Waals surface area contributed by atoms with Crippen LogP contribution in [0.1, 0.15) is 37.9 Å². The summed E-state index contributed by atoms with van der Waals surface area (Å²) < 4.78 is 28.7. The molecular formula is C20H26F2N4OS. The monoisotopic (exact) mass is 408 g/mol. The number of thioether (sulfide) groups is 1. The maximum atomic E-state index is 14.5. The average Bonchev–Trinajstić information content (AvgIpc) is 3.13. The normalized spacial score (nSPS) is 24.1. The molecule has 8 heteroatoms. The molecule has 4 rings (SSSR count). The van der Waals surface area contributed by atoms with E-state index in [0.717, 1.165) is 25.8 Å². The van der Waals surface area contributed by atoms with E-state index in [1.807, 2.05) is 11.9 Å². The molecule has 0 unspecified atom stereocenters. The highest BCUT2D eigenvalue weighted by molar-refractivity contribution is 7.99. The van der Waals surface area contributed by atoms with Gasteiger partial charge in [-0.15, -0.1) is 11.8 Å². The first kappa shape index (κ1) is 19.6. The summed E-state index contributed by atoms with van der Waals surface area (Å²) in [6.45, 7) is 1.29. The number of piperidine rings is 1. The molecular weight excluding hydrogens is 382 g/mol. The number of likely N-dealkylation sites (tertiary alicyclic amines) is 1. The van der Waals surface area contributed by atoms with Gasteiger partial charge in [0.25, 0.3) is 5.56 Å². The molecule has 2 aliphatic rings. The predicted molar refractivity (Wildman–Crippen MR) is 110 cm³/mol. The molecule has 1 aliphatic heterocycles. The second kappa shape index (κ2) is 8.37. The molecule has 1 aromatic carbocycles. The van der Waals surface area contributed by atoms with Gasteiger partial charge in [-0.2, -0.15) is 0 Å². The fraction of sp³-hybridized carbons (Fsp3) is 0.600. The number of hydrogen-bond acceptors (Lipinski definition) is 5. The third kappa shape index (κ3) is 4.33. The molecule has 0 spiro atoms. The van der Waals surface area contributed by atoms with Gasteiger partial charge in [-0.05, 0) is 45.0 Å².